The summed E-state index contributed by atoms with van der Waals surface area (Å²) in [6, 6.07) is 0. The van der Waals surface area contributed by atoms with Gasteiger partial charge in [-0.2, -0.15) is 0 Å². The van der Waals surface area contributed by atoms with Crippen molar-refractivity contribution in [2.75, 3.05) is 6.54 Å². The number of aliphatic hydroxyl groups is 1. The van der Waals surface area contributed by atoms with Crippen molar-refractivity contribution in [1.29, 1.82) is 0 Å². The minimum absolute atomic E-state index is 0. The second-order valence-electron chi connectivity index (χ2n) is 2.35. The maximum Gasteiger partial charge on any atom is 2.00 e. The third-order valence-electron chi connectivity index (χ3n) is 1.38. The van der Waals surface area contributed by atoms with Gasteiger partial charge in [0.2, 0.25) is 0 Å². The summed E-state index contributed by atoms with van der Waals surface area (Å²) in [5.74, 6) is 0. The fourth-order valence-corrected chi connectivity index (χ4v) is 2.74. The van der Waals surface area contributed by atoms with Crippen molar-refractivity contribution in [3.05, 3.63) is 0 Å². The molecule has 0 rings (SSSR count). The Balaban J connectivity index is 0. The minimum atomic E-state index is -5.63. The molecule has 0 amide bonds. The van der Waals surface area contributed by atoms with Crippen LogP contribution in [-0.4, -0.2) is 49.6 Å². The van der Waals surface area contributed by atoms with Crippen molar-refractivity contribution in [2.45, 2.75) is 11.5 Å². The van der Waals surface area contributed by atoms with Gasteiger partial charge in [0, 0.05) is 6.42 Å². The molecule has 0 aromatic carbocycles. The average molecular weight is 257 g/mol. The molecule has 0 aliphatic carbocycles. The van der Waals surface area contributed by atoms with Crippen molar-refractivity contribution in [3.8, 4) is 0 Å². The second kappa shape index (κ2) is 5.36. The molecule has 0 heterocycles. The van der Waals surface area contributed by atoms with Crippen LogP contribution in [0.15, 0.2) is 0 Å². The van der Waals surface area contributed by atoms with E-state index in [2.05, 4.69) is 0 Å². The van der Waals surface area contributed by atoms with E-state index >= 15 is 0 Å². The second-order valence-corrected chi connectivity index (χ2v) is 6.27. The Morgan fingerprint density at radius 1 is 1.21 bits per heavy atom. The van der Waals surface area contributed by atoms with E-state index in [1.807, 2.05) is 0 Å². The van der Waals surface area contributed by atoms with Gasteiger partial charge in [0.25, 0.3) is 0 Å². The molecule has 0 spiro atoms. The van der Waals surface area contributed by atoms with E-state index in [1.54, 1.807) is 0 Å². The molecule has 2 unspecified atom stereocenters. The molecule has 14 heavy (non-hydrogen) atoms. The first-order valence-corrected chi connectivity index (χ1v) is 6.22. The van der Waals surface area contributed by atoms with Crippen LogP contribution >= 0.6 is 15.2 Å². The van der Waals surface area contributed by atoms with Crippen molar-refractivity contribution in [2.24, 2.45) is 5.73 Å². The molecule has 0 saturated heterocycles. The molecule has 8 nitrogen and oxygen atoms in total. The zero-order valence-corrected chi connectivity index (χ0v) is 10.3. The van der Waals surface area contributed by atoms with Crippen LogP contribution in [0.5, 0.6) is 0 Å². The van der Waals surface area contributed by atoms with Crippen LogP contribution in [0, 0.1) is 0 Å². The molecule has 0 aromatic rings. The van der Waals surface area contributed by atoms with Gasteiger partial charge >= 0.3 is 23.1 Å². The summed E-state index contributed by atoms with van der Waals surface area (Å²) in [7, 11) is -11.3. The van der Waals surface area contributed by atoms with Crippen molar-refractivity contribution < 1.29 is 33.8 Å². The van der Waals surface area contributed by atoms with E-state index < -0.39 is 33.2 Å². The van der Waals surface area contributed by atoms with Gasteiger partial charge in [-0.15, -0.1) is 0 Å². The fraction of sp³-hybridized carbons (Fsp3) is 1.00. The maximum atomic E-state index is 10.4. The van der Waals surface area contributed by atoms with Gasteiger partial charge in [-0.3, -0.25) is 0 Å². The normalized spacial score (nSPS) is 23.9. The van der Waals surface area contributed by atoms with E-state index in [0.29, 0.717) is 0 Å². The molecular formula is C3H9MgNO7P2. The van der Waals surface area contributed by atoms with E-state index in [-0.39, 0.29) is 23.1 Å². The van der Waals surface area contributed by atoms with Gasteiger partial charge in [-0.1, -0.05) is 0 Å². The first-order chi connectivity index (χ1) is 5.56. The number of rotatable bonds is 4. The Kier molecular flexibility index (Phi) is 6.65. The molecule has 0 saturated carbocycles. The molecule has 5 N–H and O–H groups in total. The number of nitrogens with two attached hydrogens (primary N) is 1. The summed E-state index contributed by atoms with van der Waals surface area (Å²) in [6.45, 7) is -0.532. The summed E-state index contributed by atoms with van der Waals surface area (Å²) < 4.78 is 20.9. The van der Waals surface area contributed by atoms with E-state index in [9.17, 15) is 18.9 Å². The number of hydrogen-bond acceptors (Lipinski definition) is 6. The van der Waals surface area contributed by atoms with Crippen LogP contribution in [0.4, 0.5) is 0 Å². The minimum Gasteiger partial charge on any atom is -0.776 e. The Morgan fingerprint density at radius 2 is 1.50 bits per heavy atom. The molecular weight excluding hydrogens is 248 g/mol. The zero-order chi connectivity index (χ0) is 10.9. The zero-order valence-electron chi connectivity index (χ0n) is 7.07. The van der Waals surface area contributed by atoms with Crippen molar-refractivity contribution in [1.82, 2.24) is 0 Å². The predicted octanol–water partition coefficient (Wildman–Crippen LogP) is -3.31. The topological polar surface area (TPSA) is 167 Å². The molecule has 11 heteroatoms. The van der Waals surface area contributed by atoms with Gasteiger partial charge in [0.1, 0.15) is 0 Å². The summed E-state index contributed by atoms with van der Waals surface area (Å²) in [4.78, 5) is 37.6. The molecule has 0 fully saturated rings. The van der Waals surface area contributed by atoms with Crippen LogP contribution in [0.2, 0.25) is 0 Å². The van der Waals surface area contributed by atoms with Crippen LogP contribution in [-0.2, 0) is 9.13 Å². The van der Waals surface area contributed by atoms with Gasteiger partial charge in [0.05, 0.1) is 0 Å². The third kappa shape index (κ3) is 3.53. The Hall–Kier alpha value is 0.986. The van der Waals surface area contributed by atoms with E-state index in [4.69, 9.17) is 20.6 Å². The van der Waals surface area contributed by atoms with Gasteiger partial charge in [-0.25, -0.2) is 0 Å². The van der Waals surface area contributed by atoms with Crippen molar-refractivity contribution in [3.63, 3.8) is 0 Å². The Morgan fingerprint density at radius 3 is 1.57 bits per heavy atom. The van der Waals surface area contributed by atoms with Gasteiger partial charge in [0.15, 0.2) is 20.3 Å². The molecule has 0 aliphatic heterocycles. The van der Waals surface area contributed by atoms with Gasteiger partial charge in [-0.05, 0) is 6.54 Å². The Labute approximate surface area is 96.0 Å². The standard InChI is InChI=1S/C3H11NO7P2.Mg/c4-2-1-3(5,12(6,7)8)13(9,10)11;/h5H,1-2,4H2,(H2,6,7,8)(H2,9,10,11);/q;+2/p-2. The van der Waals surface area contributed by atoms with Crippen molar-refractivity contribution >= 4 is 38.2 Å². The van der Waals surface area contributed by atoms with Crippen LogP contribution in [0.1, 0.15) is 6.42 Å². The monoisotopic (exact) mass is 257 g/mol. The van der Waals surface area contributed by atoms with Crippen LogP contribution in [0.25, 0.3) is 0 Å². The Bertz CT molecular complexity index is 248. The van der Waals surface area contributed by atoms with Gasteiger partial charge < -0.3 is 39.5 Å². The molecule has 0 aromatic heterocycles. The molecule has 0 bridgehead atoms. The quantitative estimate of drug-likeness (QED) is 0.300. The summed E-state index contributed by atoms with van der Waals surface area (Å²) in [5.41, 5.74) is 4.81. The first kappa shape index (κ1) is 17.4. The smallest absolute Gasteiger partial charge is 0.776 e. The fourth-order valence-electron chi connectivity index (χ4n) is 0.636. The summed E-state index contributed by atoms with van der Waals surface area (Å²) in [5, 5.41) is 5.36. The van der Waals surface area contributed by atoms with Crippen LogP contribution in [0.3, 0.4) is 0 Å². The molecule has 0 aliphatic rings. The molecule has 80 valence electrons. The molecule has 0 radical (unpaired) electrons. The van der Waals surface area contributed by atoms with E-state index in [0.717, 1.165) is 0 Å². The average Bonchev–Trinajstić information content (AvgIpc) is 1.82. The number of hydrogen-bond donors (Lipinski definition) is 4. The maximum absolute atomic E-state index is 10.4. The van der Waals surface area contributed by atoms with E-state index in [1.165, 1.54) is 0 Å². The summed E-state index contributed by atoms with van der Waals surface area (Å²) >= 11 is 0. The SMILES string of the molecule is NCCC(O)(P(=O)([O-])O)P(=O)([O-])O.[Mg+2]. The largest absolute Gasteiger partial charge is 2.00 e. The third-order valence-corrected chi connectivity index (χ3v) is 5.16. The van der Waals surface area contributed by atoms with Crippen LogP contribution < -0.4 is 15.5 Å². The summed E-state index contributed by atoms with van der Waals surface area (Å²) in [6.07, 6.45) is -0.998. The molecule has 2 atom stereocenters. The predicted molar refractivity (Wildman–Crippen MR) is 44.0 cm³/mol. The first-order valence-electron chi connectivity index (χ1n) is 3.06.